The molecule has 0 amide bonds. The normalized spacial score (nSPS) is 11.6. The van der Waals surface area contributed by atoms with E-state index in [-0.39, 0.29) is 0 Å². The number of aromatic nitrogens is 3. The Hall–Kier alpha value is -8.14. The predicted octanol–water partition coefficient (Wildman–Crippen LogP) is 15.4. The Morgan fingerprint density at radius 3 is 1.66 bits per heavy atom. The van der Waals surface area contributed by atoms with Crippen LogP contribution in [-0.2, 0) is 0 Å². The highest BCUT2D eigenvalue weighted by molar-refractivity contribution is 6.21. The van der Waals surface area contributed by atoms with Gasteiger partial charge in [0, 0.05) is 33.2 Å². The molecule has 0 aliphatic rings. The van der Waals surface area contributed by atoms with E-state index in [1.165, 1.54) is 76.4 Å². The number of hydrogen-bond acceptors (Lipinski definition) is 2. The second-order valence-electron chi connectivity index (χ2n) is 15.8. The standard InChI is InChI=1S/C58H37N3/c1-3-13-40(14-4-1)53-37-54(60-58(59-53)42-15-5-2-6-16-42)41-26-30-48(31-27-41)61-55-21-10-9-19-52(55)57-51-32-28-44(34-46(51)29-33-56(57)61)43-24-22-38-23-25-45(36-47(38)35-43)50-20-11-17-39-12-7-8-18-49(39)50/h1-37H. The number of para-hydroxylation sites is 1. The van der Waals surface area contributed by atoms with Crippen LogP contribution in [0.3, 0.4) is 0 Å². The first-order chi connectivity index (χ1) is 30.2. The molecule has 0 saturated carbocycles. The van der Waals surface area contributed by atoms with Crippen molar-refractivity contribution in [2.45, 2.75) is 0 Å². The molecule has 3 heteroatoms. The molecule has 0 radical (unpaired) electrons. The predicted molar refractivity (Wildman–Crippen MR) is 256 cm³/mol. The fraction of sp³-hybridized carbons (Fsp3) is 0. The third-order valence-corrected chi connectivity index (χ3v) is 12.2. The molecule has 0 fully saturated rings. The van der Waals surface area contributed by atoms with Crippen LogP contribution in [0.15, 0.2) is 224 Å². The molecule has 0 N–H and O–H groups in total. The van der Waals surface area contributed by atoms with Crippen molar-refractivity contribution < 1.29 is 0 Å². The summed E-state index contributed by atoms with van der Waals surface area (Å²) in [5.74, 6) is 0.713. The Morgan fingerprint density at radius 2 is 0.869 bits per heavy atom. The number of nitrogens with zero attached hydrogens (tertiary/aromatic N) is 3. The van der Waals surface area contributed by atoms with E-state index in [1.54, 1.807) is 0 Å². The van der Waals surface area contributed by atoms with Crippen molar-refractivity contribution >= 4 is 54.1 Å². The van der Waals surface area contributed by atoms with Gasteiger partial charge in [-0.25, -0.2) is 9.97 Å². The number of fused-ring (bicyclic) bond motifs is 7. The van der Waals surface area contributed by atoms with Crippen LogP contribution in [0, 0.1) is 0 Å². The van der Waals surface area contributed by atoms with Crippen molar-refractivity contribution in [2.24, 2.45) is 0 Å². The molecule has 0 saturated heterocycles. The molecule has 12 rings (SSSR count). The van der Waals surface area contributed by atoms with Gasteiger partial charge in [-0.2, -0.15) is 0 Å². The van der Waals surface area contributed by atoms with Crippen molar-refractivity contribution in [3.8, 4) is 61.8 Å². The molecule has 12 aromatic rings. The van der Waals surface area contributed by atoms with Crippen molar-refractivity contribution in [1.82, 2.24) is 14.5 Å². The van der Waals surface area contributed by atoms with Gasteiger partial charge in [0.25, 0.3) is 0 Å². The molecule has 2 aromatic heterocycles. The van der Waals surface area contributed by atoms with E-state index >= 15 is 0 Å². The highest BCUT2D eigenvalue weighted by Gasteiger charge is 2.17. The van der Waals surface area contributed by atoms with Gasteiger partial charge in [0.05, 0.1) is 22.4 Å². The second-order valence-corrected chi connectivity index (χ2v) is 15.8. The summed E-state index contributed by atoms with van der Waals surface area (Å²) in [5.41, 5.74) is 13.3. The molecule has 2 heterocycles. The third-order valence-electron chi connectivity index (χ3n) is 12.2. The molecular weight excluding hydrogens is 739 g/mol. The van der Waals surface area contributed by atoms with Crippen LogP contribution in [0.4, 0.5) is 0 Å². The average Bonchev–Trinajstić information content (AvgIpc) is 3.68. The van der Waals surface area contributed by atoms with Crippen molar-refractivity contribution in [2.75, 3.05) is 0 Å². The van der Waals surface area contributed by atoms with Crippen LogP contribution < -0.4 is 0 Å². The summed E-state index contributed by atoms with van der Waals surface area (Å²) in [7, 11) is 0. The van der Waals surface area contributed by atoms with Gasteiger partial charge in [0.1, 0.15) is 0 Å². The maximum Gasteiger partial charge on any atom is 0.160 e. The largest absolute Gasteiger partial charge is 0.309 e. The van der Waals surface area contributed by atoms with Gasteiger partial charge in [0.2, 0.25) is 0 Å². The molecule has 10 aromatic carbocycles. The third kappa shape index (κ3) is 6.06. The van der Waals surface area contributed by atoms with Crippen LogP contribution in [0.2, 0.25) is 0 Å². The zero-order valence-electron chi connectivity index (χ0n) is 33.2. The Labute approximate surface area is 353 Å². The van der Waals surface area contributed by atoms with Crippen LogP contribution in [0.1, 0.15) is 0 Å². The fourth-order valence-corrected chi connectivity index (χ4v) is 9.18. The van der Waals surface area contributed by atoms with Crippen molar-refractivity contribution in [3.63, 3.8) is 0 Å². The smallest absolute Gasteiger partial charge is 0.160 e. The van der Waals surface area contributed by atoms with Gasteiger partial charge in [-0.15, -0.1) is 0 Å². The zero-order chi connectivity index (χ0) is 40.3. The van der Waals surface area contributed by atoms with Gasteiger partial charge in [0.15, 0.2) is 5.82 Å². The number of hydrogen-bond donors (Lipinski definition) is 0. The van der Waals surface area contributed by atoms with E-state index < -0.39 is 0 Å². The fourth-order valence-electron chi connectivity index (χ4n) is 9.18. The monoisotopic (exact) mass is 775 g/mol. The molecule has 0 unspecified atom stereocenters. The van der Waals surface area contributed by atoms with Gasteiger partial charge >= 0.3 is 0 Å². The minimum atomic E-state index is 0.713. The van der Waals surface area contributed by atoms with Crippen LogP contribution >= 0.6 is 0 Å². The lowest BCUT2D eigenvalue weighted by Crippen LogP contribution is -1.97. The molecule has 0 bridgehead atoms. The van der Waals surface area contributed by atoms with Crippen LogP contribution in [0.25, 0.3) is 116 Å². The van der Waals surface area contributed by atoms with Crippen LogP contribution in [0.5, 0.6) is 0 Å². The maximum atomic E-state index is 5.08. The Bertz CT molecular complexity index is 3560. The summed E-state index contributed by atoms with van der Waals surface area (Å²) in [4.78, 5) is 10.1. The summed E-state index contributed by atoms with van der Waals surface area (Å²) in [6, 6.07) is 80.6. The minimum absolute atomic E-state index is 0.713. The molecule has 0 atom stereocenters. The van der Waals surface area contributed by atoms with Gasteiger partial charge in [-0.1, -0.05) is 176 Å². The van der Waals surface area contributed by atoms with Crippen LogP contribution in [-0.4, -0.2) is 14.5 Å². The summed E-state index contributed by atoms with van der Waals surface area (Å²) >= 11 is 0. The summed E-state index contributed by atoms with van der Waals surface area (Å²) in [6.45, 7) is 0. The van der Waals surface area contributed by atoms with Gasteiger partial charge in [-0.05, 0) is 103 Å². The topological polar surface area (TPSA) is 30.7 Å². The second kappa shape index (κ2) is 14.3. The Balaban J connectivity index is 0.928. The van der Waals surface area contributed by atoms with E-state index in [1.807, 2.05) is 24.3 Å². The Morgan fingerprint density at radius 1 is 0.295 bits per heavy atom. The van der Waals surface area contributed by atoms with Crippen molar-refractivity contribution in [1.29, 1.82) is 0 Å². The van der Waals surface area contributed by atoms with E-state index in [9.17, 15) is 0 Å². The summed E-state index contributed by atoms with van der Waals surface area (Å²) in [5, 5.41) is 9.98. The molecule has 0 aliphatic heterocycles. The first-order valence-electron chi connectivity index (χ1n) is 20.8. The minimum Gasteiger partial charge on any atom is -0.309 e. The highest BCUT2D eigenvalue weighted by atomic mass is 15.0. The van der Waals surface area contributed by atoms with Gasteiger partial charge in [-0.3, -0.25) is 0 Å². The molecule has 3 nitrogen and oxygen atoms in total. The van der Waals surface area contributed by atoms with E-state index in [0.29, 0.717) is 5.82 Å². The molecule has 284 valence electrons. The first kappa shape index (κ1) is 34.9. The first-order valence-corrected chi connectivity index (χ1v) is 20.8. The lowest BCUT2D eigenvalue weighted by atomic mass is 9.94. The lowest BCUT2D eigenvalue weighted by Gasteiger charge is -2.12. The zero-order valence-corrected chi connectivity index (χ0v) is 33.2. The molecule has 0 aliphatic carbocycles. The molecule has 0 spiro atoms. The maximum absolute atomic E-state index is 5.08. The SMILES string of the molecule is c1ccc(-c2cc(-c3ccc(-n4c5ccccc5c5c6ccc(-c7ccc8ccc(-c9cccc%10ccccc9%10)cc8c7)cc6ccc54)cc3)nc(-c3ccccc3)n2)cc1. The molecular formula is C58H37N3. The van der Waals surface area contributed by atoms with Crippen molar-refractivity contribution in [3.05, 3.63) is 224 Å². The quantitative estimate of drug-likeness (QED) is 0.168. The average molecular weight is 776 g/mol. The Kier molecular flexibility index (Phi) is 8.17. The summed E-state index contributed by atoms with van der Waals surface area (Å²) < 4.78 is 2.39. The van der Waals surface area contributed by atoms with E-state index in [0.717, 1.165) is 33.8 Å². The highest BCUT2D eigenvalue weighted by Crippen LogP contribution is 2.39. The number of rotatable bonds is 6. The number of benzene rings is 10. The molecule has 61 heavy (non-hydrogen) atoms. The van der Waals surface area contributed by atoms with Gasteiger partial charge < -0.3 is 4.57 Å². The lowest BCUT2D eigenvalue weighted by molar-refractivity contribution is 1.17. The van der Waals surface area contributed by atoms with E-state index in [2.05, 4.69) is 205 Å². The van der Waals surface area contributed by atoms with E-state index in [4.69, 9.17) is 9.97 Å². The summed E-state index contributed by atoms with van der Waals surface area (Å²) in [6.07, 6.45) is 0.